The van der Waals surface area contributed by atoms with E-state index in [0.29, 0.717) is 39.5 Å². The third-order valence-corrected chi connectivity index (χ3v) is 5.26. The van der Waals surface area contributed by atoms with Crippen molar-refractivity contribution in [2.75, 3.05) is 24.1 Å². The predicted octanol–water partition coefficient (Wildman–Crippen LogP) is 4.10. The summed E-state index contributed by atoms with van der Waals surface area (Å²) in [6.07, 6.45) is 0. The second-order valence-electron chi connectivity index (χ2n) is 7.21. The van der Waals surface area contributed by atoms with Crippen LogP contribution in [0.15, 0.2) is 66.4 Å². The Balaban J connectivity index is 1.60. The molecule has 0 radical (unpaired) electrons. The van der Waals surface area contributed by atoms with E-state index < -0.39 is 23.4 Å². The lowest BCUT2D eigenvalue weighted by atomic mass is 10.0. The highest BCUT2D eigenvalue weighted by Crippen LogP contribution is 2.38. The van der Waals surface area contributed by atoms with Crippen LogP contribution in [0.1, 0.15) is 5.56 Å². The number of amides is 2. The van der Waals surface area contributed by atoms with Crippen LogP contribution >= 0.6 is 0 Å². The van der Waals surface area contributed by atoms with Gasteiger partial charge in [0.15, 0.2) is 11.5 Å². The molecule has 1 N–H and O–H groups in total. The standard InChI is InChI=1S/C24H16F2N2O5/c1-31-16-6-2-13(3-7-16)21-22(27-15-5-9-19-20(11-15)33-12-32-19)24(30)28(23(21)29)18-8-4-14(25)10-17(18)26/h2-11,27H,12H2,1H3. The molecule has 2 heterocycles. The third kappa shape index (κ3) is 3.53. The summed E-state index contributed by atoms with van der Waals surface area (Å²) in [6, 6.07) is 14.1. The molecule has 0 aromatic heterocycles. The topological polar surface area (TPSA) is 77.1 Å². The van der Waals surface area contributed by atoms with Gasteiger partial charge in [-0.25, -0.2) is 13.7 Å². The van der Waals surface area contributed by atoms with Gasteiger partial charge in [-0.1, -0.05) is 12.1 Å². The molecule has 9 heteroatoms. The van der Waals surface area contributed by atoms with Crippen LogP contribution in [0.4, 0.5) is 20.2 Å². The van der Waals surface area contributed by atoms with E-state index >= 15 is 0 Å². The number of methoxy groups -OCH3 is 1. The summed E-state index contributed by atoms with van der Waals surface area (Å²) in [7, 11) is 1.50. The molecule has 0 spiro atoms. The number of hydrogen-bond acceptors (Lipinski definition) is 6. The molecule has 0 saturated carbocycles. The Kier molecular flexibility index (Phi) is 4.93. The van der Waals surface area contributed by atoms with Crippen LogP contribution in [0, 0.1) is 11.6 Å². The van der Waals surface area contributed by atoms with Crippen LogP contribution < -0.4 is 24.4 Å². The molecular formula is C24H16F2N2O5. The molecule has 0 saturated heterocycles. The lowest BCUT2D eigenvalue weighted by Gasteiger charge is -2.16. The summed E-state index contributed by atoms with van der Waals surface area (Å²) >= 11 is 0. The van der Waals surface area contributed by atoms with Crippen molar-refractivity contribution in [1.82, 2.24) is 0 Å². The highest BCUT2D eigenvalue weighted by atomic mass is 19.1. The molecule has 0 fully saturated rings. The second kappa shape index (κ2) is 7.94. The first-order valence-corrected chi connectivity index (χ1v) is 9.85. The number of anilines is 2. The summed E-state index contributed by atoms with van der Waals surface area (Å²) in [6.45, 7) is 0.0770. The van der Waals surface area contributed by atoms with E-state index in [1.807, 2.05) is 0 Å². The van der Waals surface area contributed by atoms with Crippen molar-refractivity contribution in [3.05, 3.63) is 83.6 Å². The number of benzene rings is 3. The number of nitrogens with zero attached hydrogens (tertiary/aromatic N) is 1. The Hall–Kier alpha value is -4.40. The molecule has 2 aliphatic heterocycles. The van der Waals surface area contributed by atoms with Crippen LogP contribution in [0.2, 0.25) is 0 Å². The maximum absolute atomic E-state index is 14.5. The first-order valence-electron chi connectivity index (χ1n) is 9.85. The first kappa shape index (κ1) is 20.5. The molecule has 166 valence electrons. The lowest BCUT2D eigenvalue weighted by molar-refractivity contribution is -0.120. The van der Waals surface area contributed by atoms with Gasteiger partial charge in [0, 0.05) is 17.8 Å². The minimum Gasteiger partial charge on any atom is -0.497 e. The third-order valence-electron chi connectivity index (χ3n) is 5.26. The number of fused-ring (bicyclic) bond motifs is 1. The maximum Gasteiger partial charge on any atom is 0.282 e. The van der Waals surface area contributed by atoms with Gasteiger partial charge in [0.25, 0.3) is 11.8 Å². The van der Waals surface area contributed by atoms with Gasteiger partial charge in [0.05, 0.1) is 18.4 Å². The fraction of sp³-hybridized carbons (Fsp3) is 0.0833. The van der Waals surface area contributed by atoms with Gasteiger partial charge in [0.2, 0.25) is 6.79 Å². The van der Waals surface area contributed by atoms with Crippen molar-refractivity contribution in [3.8, 4) is 17.2 Å². The molecule has 2 aliphatic rings. The van der Waals surface area contributed by atoms with Gasteiger partial charge < -0.3 is 19.5 Å². The lowest BCUT2D eigenvalue weighted by Crippen LogP contribution is -2.33. The van der Waals surface area contributed by atoms with Gasteiger partial charge in [0.1, 0.15) is 23.1 Å². The van der Waals surface area contributed by atoms with Gasteiger partial charge >= 0.3 is 0 Å². The van der Waals surface area contributed by atoms with Gasteiger partial charge in [-0.05, 0) is 42.0 Å². The molecule has 7 nitrogen and oxygen atoms in total. The minimum atomic E-state index is -1.03. The van der Waals surface area contributed by atoms with Crippen LogP contribution in [-0.4, -0.2) is 25.7 Å². The van der Waals surface area contributed by atoms with Gasteiger partial charge in [-0.3, -0.25) is 9.59 Å². The van der Waals surface area contributed by atoms with Crippen molar-refractivity contribution >= 4 is 28.8 Å². The molecule has 3 aromatic rings. The minimum absolute atomic E-state index is 0.0315. The molecule has 3 aromatic carbocycles. The SMILES string of the molecule is COc1ccc(C2=C(Nc3ccc4c(c3)OCO4)C(=O)N(c3ccc(F)cc3F)C2=O)cc1. The molecule has 0 unspecified atom stereocenters. The number of nitrogens with one attached hydrogen (secondary N) is 1. The number of hydrogen-bond donors (Lipinski definition) is 1. The number of rotatable bonds is 5. The van der Waals surface area contributed by atoms with Crippen LogP contribution in [0.25, 0.3) is 5.57 Å². The Morgan fingerprint density at radius 3 is 2.39 bits per heavy atom. The normalized spacial score (nSPS) is 14.8. The number of ether oxygens (including phenoxy) is 3. The summed E-state index contributed by atoms with van der Waals surface area (Å²) in [5.41, 5.74) is 0.502. The van der Waals surface area contributed by atoms with Crippen LogP contribution in [-0.2, 0) is 9.59 Å². The molecule has 2 amide bonds. The average Bonchev–Trinajstić information content (AvgIpc) is 3.37. The van der Waals surface area contributed by atoms with Crippen LogP contribution in [0.5, 0.6) is 17.2 Å². The summed E-state index contributed by atoms with van der Waals surface area (Å²) in [5.74, 6) is -1.80. The van der Waals surface area contributed by atoms with Gasteiger partial charge in [-0.15, -0.1) is 0 Å². The Morgan fingerprint density at radius 1 is 0.909 bits per heavy atom. The molecule has 0 aliphatic carbocycles. The molecule has 33 heavy (non-hydrogen) atoms. The number of imide groups is 1. The first-order chi connectivity index (χ1) is 16.0. The van der Waals surface area contributed by atoms with Crippen molar-refractivity contribution in [3.63, 3.8) is 0 Å². The molecule has 5 rings (SSSR count). The average molecular weight is 450 g/mol. The fourth-order valence-electron chi connectivity index (χ4n) is 3.67. The van der Waals surface area contributed by atoms with E-state index in [1.165, 1.54) is 7.11 Å². The zero-order chi connectivity index (χ0) is 23.1. The Morgan fingerprint density at radius 2 is 1.67 bits per heavy atom. The Labute approximate surface area is 186 Å². The van der Waals surface area contributed by atoms with Crippen molar-refractivity contribution in [2.45, 2.75) is 0 Å². The van der Waals surface area contributed by atoms with Crippen molar-refractivity contribution in [2.24, 2.45) is 0 Å². The Bertz CT molecular complexity index is 1320. The van der Waals surface area contributed by atoms with Crippen LogP contribution in [0.3, 0.4) is 0 Å². The number of carbonyl (C=O) groups excluding carboxylic acids is 2. The van der Waals surface area contributed by atoms with E-state index in [0.717, 1.165) is 12.1 Å². The largest absolute Gasteiger partial charge is 0.497 e. The van der Waals surface area contributed by atoms with E-state index in [-0.39, 0.29) is 23.8 Å². The van der Waals surface area contributed by atoms with E-state index in [9.17, 15) is 18.4 Å². The monoisotopic (exact) mass is 450 g/mol. The van der Waals surface area contributed by atoms with Crippen molar-refractivity contribution in [1.29, 1.82) is 0 Å². The smallest absolute Gasteiger partial charge is 0.282 e. The summed E-state index contributed by atoms with van der Waals surface area (Å²) in [4.78, 5) is 27.4. The molecular weight excluding hydrogens is 434 g/mol. The second-order valence-corrected chi connectivity index (χ2v) is 7.21. The zero-order valence-electron chi connectivity index (χ0n) is 17.2. The quantitative estimate of drug-likeness (QED) is 0.590. The van der Waals surface area contributed by atoms with Gasteiger partial charge in [-0.2, -0.15) is 0 Å². The highest BCUT2D eigenvalue weighted by Gasteiger charge is 2.41. The molecule has 0 bridgehead atoms. The fourth-order valence-corrected chi connectivity index (χ4v) is 3.67. The van der Waals surface area contributed by atoms with E-state index in [2.05, 4.69) is 5.32 Å². The number of carbonyl (C=O) groups is 2. The van der Waals surface area contributed by atoms with Crippen molar-refractivity contribution < 1.29 is 32.6 Å². The van der Waals surface area contributed by atoms with E-state index in [1.54, 1.807) is 42.5 Å². The molecule has 0 atom stereocenters. The summed E-state index contributed by atoms with van der Waals surface area (Å²) < 4.78 is 43.8. The van der Waals surface area contributed by atoms with E-state index in [4.69, 9.17) is 14.2 Å². The summed E-state index contributed by atoms with van der Waals surface area (Å²) in [5, 5.41) is 2.96. The maximum atomic E-state index is 14.5. The predicted molar refractivity (Wildman–Crippen MR) is 115 cm³/mol. The number of halogens is 2. The highest BCUT2D eigenvalue weighted by molar-refractivity contribution is 6.46. The zero-order valence-corrected chi connectivity index (χ0v) is 17.2.